The zero-order valence-corrected chi connectivity index (χ0v) is 10.2. The number of hydrogen-bond donors (Lipinski definition) is 1. The van der Waals surface area contributed by atoms with Crippen molar-refractivity contribution < 1.29 is 14.7 Å². The van der Waals surface area contributed by atoms with Crippen LogP contribution in [0, 0.1) is 0 Å². The average molecular weight is 255 g/mol. The van der Waals surface area contributed by atoms with E-state index in [1.807, 2.05) is 0 Å². The van der Waals surface area contributed by atoms with Crippen molar-refractivity contribution in [3.05, 3.63) is 65.5 Å². The van der Waals surface area contributed by atoms with Crippen molar-refractivity contribution in [2.24, 2.45) is 0 Å². The topological polar surface area (TPSA) is 67.3 Å². The molecule has 96 valence electrons. The summed E-state index contributed by atoms with van der Waals surface area (Å²) < 4.78 is 0. The van der Waals surface area contributed by atoms with Crippen molar-refractivity contribution >= 4 is 11.8 Å². The van der Waals surface area contributed by atoms with Crippen LogP contribution in [-0.2, 0) is 11.2 Å². The molecule has 4 heteroatoms. The van der Waals surface area contributed by atoms with E-state index in [0.717, 1.165) is 5.56 Å². The van der Waals surface area contributed by atoms with Crippen LogP contribution in [0.25, 0.3) is 0 Å². The Kier molecular flexibility index (Phi) is 4.03. The summed E-state index contributed by atoms with van der Waals surface area (Å²) in [5, 5.41) is 8.61. The number of benzene rings is 1. The summed E-state index contributed by atoms with van der Waals surface area (Å²) in [4.78, 5) is 26.5. The van der Waals surface area contributed by atoms with Crippen LogP contribution >= 0.6 is 0 Å². The highest BCUT2D eigenvalue weighted by Gasteiger charge is 2.08. The number of aliphatic carboxylic acids is 1. The van der Waals surface area contributed by atoms with Crippen LogP contribution in [0.15, 0.2) is 48.8 Å². The number of hydrogen-bond acceptors (Lipinski definition) is 3. The fraction of sp³-hybridized carbons (Fsp3) is 0.133. The number of carbonyl (C=O) groups is 2. The molecule has 1 aromatic carbocycles. The van der Waals surface area contributed by atoms with Gasteiger partial charge in [-0.15, -0.1) is 0 Å². The number of ketones is 1. The van der Waals surface area contributed by atoms with Crippen molar-refractivity contribution in [2.75, 3.05) is 0 Å². The maximum absolute atomic E-state index is 12.1. The minimum absolute atomic E-state index is 0.0853. The first-order chi connectivity index (χ1) is 9.16. The first-order valence-electron chi connectivity index (χ1n) is 5.92. The standard InChI is InChI=1S/C15H13NO3/c17-14(18)8-5-11-3-6-12(7-4-11)15(19)13-2-1-9-16-10-13/h1-4,6-7,9-10H,5,8H2,(H,17,18). The van der Waals surface area contributed by atoms with E-state index in [1.165, 1.54) is 6.20 Å². The van der Waals surface area contributed by atoms with Gasteiger partial charge in [0.05, 0.1) is 0 Å². The monoisotopic (exact) mass is 255 g/mol. The highest BCUT2D eigenvalue weighted by molar-refractivity contribution is 6.08. The van der Waals surface area contributed by atoms with Gasteiger partial charge in [0.1, 0.15) is 0 Å². The van der Waals surface area contributed by atoms with Gasteiger partial charge in [-0.05, 0) is 24.1 Å². The SMILES string of the molecule is O=C(O)CCc1ccc(C(=O)c2cccnc2)cc1. The molecule has 0 aliphatic rings. The Morgan fingerprint density at radius 3 is 2.37 bits per heavy atom. The van der Waals surface area contributed by atoms with Crippen molar-refractivity contribution in [1.82, 2.24) is 4.98 Å². The van der Waals surface area contributed by atoms with Crippen LogP contribution in [0.4, 0.5) is 0 Å². The molecule has 2 aromatic rings. The third kappa shape index (κ3) is 3.48. The quantitative estimate of drug-likeness (QED) is 0.833. The van der Waals surface area contributed by atoms with Crippen molar-refractivity contribution in [2.45, 2.75) is 12.8 Å². The summed E-state index contributed by atoms with van der Waals surface area (Å²) in [5.74, 6) is -0.909. The fourth-order valence-corrected chi connectivity index (χ4v) is 1.74. The van der Waals surface area contributed by atoms with Gasteiger partial charge in [-0.25, -0.2) is 0 Å². The lowest BCUT2D eigenvalue weighted by Crippen LogP contribution is -2.02. The zero-order valence-electron chi connectivity index (χ0n) is 10.2. The molecule has 1 heterocycles. The molecule has 0 fully saturated rings. The average Bonchev–Trinajstić information content (AvgIpc) is 2.46. The van der Waals surface area contributed by atoms with Gasteiger partial charge in [-0.3, -0.25) is 14.6 Å². The van der Waals surface area contributed by atoms with Crippen LogP contribution in [-0.4, -0.2) is 21.8 Å². The van der Waals surface area contributed by atoms with Gasteiger partial charge >= 0.3 is 5.97 Å². The van der Waals surface area contributed by atoms with E-state index in [1.54, 1.807) is 42.6 Å². The molecule has 0 unspecified atom stereocenters. The maximum atomic E-state index is 12.1. The highest BCUT2D eigenvalue weighted by atomic mass is 16.4. The van der Waals surface area contributed by atoms with E-state index in [0.29, 0.717) is 17.5 Å². The molecule has 0 saturated carbocycles. The molecule has 0 aliphatic carbocycles. The van der Waals surface area contributed by atoms with Crippen LogP contribution in [0.2, 0.25) is 0 Å². The summed E-state index contributed by atoms with van der Waals surface area (Å²) >= 11 is 0. The lowest BCUT2D eigenvalue weighted by atomic mass is 10.0. The van der Waals surface area contributed by atoms with Crippen LogP contribution in [0.5, 0.6) is 0 Å². The summed E-state index contributed by atoms with van der Waals surface area (Å²) in [6, 6.07) is 10.4. The van der Waals surface area contributed by atoms with E-state index in [-0.39, 0.29) is 12.2 Å². The van der Waals surface area contributed by atoms with Gasteiger partial charge in [0.2, 0.25) is 0 Å². The van der Waals surface area contributed by atoms with Gasteiger partial charge < -0.3 is 5.11 Å². The number of carboxylic acid groups (broad SMARTS) is 1. The molecule has 0 atom stereocenters. The molecular formula is C15H13NO3. The summed E-state index contributed by atoms with van der Waals surface area (Å²) in [6.07, 6.45) is 3.71. The van der Waals surface area contributed by atoms with E-state index < -0.39 is 5.97 Å². The minimum Gasteiger partial charge on any atom is -0.481 e. The van der Waals surface area contributed by atoms with Gasteiger partial charge in [0.25, 0.3) is 0 Å². The molecule has 19 heavy (non-hydrogen) atoms. The van der Waals surface area contributed by atoms with Crippen molar-refractivity contribution in [1.29, 1.82) is 0 Å². The van der Waals surface area contributed by atoms with E-state index >= 15 is 0 Å². The predicted molar refractivity (Wildman–Crippen MR) is 70.1 cm³/mol. The van der Waals surface area contributed by atoms with Crippen molar-refractivity contribution in [3.8, 4) is 0 Å². The Bertz CT molecular complexity index is 576. The number of aromatic nitrogens is 1. The molecule has 0 aliphatic heterocycles. The highest BCUT2D eigenvalue weighted by Crippen LogP contribution is 2.11. The number of carboxylic acids is 1. The zero-order chi connectivity index (χ0) is 13.7. The van der Waals surface area contributed by atoms with E-state index in [9.17, 15) is 9.59 Å². The third-order valence-electron chi connectivity index (χ3n) is 2.77. The van der Waals surface area contributed by atoms with Gasteiger partial charge in [0, 0.05) is 29.9 Å². The lowest BCUT2D eigenvalue weighted by Gasteiger charge is -2.03. The molecule has 1 N–H and O–H groups in total. The van der Waals surface area contributed by atoms with E-state index in [2.05, 4.69) is 4.98 Å². The van der Waals surface area contributed by atoms with Gasteiger partial charge in [0.15, 0.2) is 5.78 Å². The number of nitrogens with zero attached hydrogens (tertiary/aromatic N) is 1. The molecule has 1 aromatic heterocycles. The van der Waals surface area contributed by atoms with Gasteiger partial charge in [-0.1, -0.05) is 24.3 Å². The molecule has 0 amide bonds. The Morgan fingerprint density at radius 1 is 1.05 bits per heavy atom. The Labute approximate surface area is 110 Å². The second-order valence-corrected chi connectivity index (χ2v) is 4.16. The second kappa shape index (κ2) is 5.91. The largest absolute Gasteiger partial charge is 0.481 e. The number of pyridine rings is 1. The van der Waals surface area contributed by atoms with Crippen LogP contribution in [0.3, 0.4) is 0 Å². The number of rotatable bonds is 5. The molecule has 0 spiro atoms. The smallest absolute Gasteiger partial charge is 0.303 e. The minimum atomic E-state index is -0.824. The summed E-state index contributed by atoms with van der Waals surface area (Å²) in [6.45, 7) is 0. The van der Waals surface area contributed by atoms with Gasteiger partial charge in [-0.2, -0.15) is 0 Å². The lowest BCUT2D eigenvalue weighted by molar-refractivity contribution is -0.136. The van der Waals surface area contributed by atoms with E-state index in [4.69, 9.17) is 5.11 Å². The first kappa shape index (κ1) is 13.0. The normalized spacial score (nSPS) is 10.1. The molecule has 0 bridgehead atoms. The Balaban J connectivity index is 2.10. The third-order valence-corrected chi connectivity index (χ3v) is 2.77. The molecule has 4 nitrogen and oxygen atoms in total. The number of aryl methyl sites for hydroxylation is 1. The fourth-order valence-electron chi connectivity index (χ4n) is 1.74. The summed E-state index contributed by atoms with van der Waals surface area (Å²) in [7, 11) is 0. The van der Waals surface area contributed by atoms with Crippen molar-refractivity contribution in [3.63, 3.8) is 0 Å². The maximum Gasteiger partial charge on any atom is 0.303 e. The summed E-state index contributed by atoms with van der Waals surface area (Å²) in [5.41, 5.74) is 2.03. The molecule has 2 rings (SSSR count). The van der Waals surface area contributed by atoms with Crippen LogP contribution in [0.1, 0.15) is 27.9 Å². The predicted octanol–water partition coefficient (Wildman–Crippen LogP) is 2.33. The molecule has 0 saturated heterocycles. The number of carbonyl (C=O) groups excluding carboxylic acids is 1. The second-order valence-electron chi connectivity index (χ2n) is 4.16. The van der Waals surface area contributed by atoms with Crippen LogP contribution < -0.4 is 0 Å². The Hall–Kier alpha value is -2.49. The first-order valence-corrected chi connectivity index (χ1v) is 5.92. The Morgan fingerprint density at radius 2 is 1.79 bits per heavy atom. The molecular weight excluding hydrogens is 242 g/mol. The molecule has 0 radical (unpaired) electrons.